The Morgan fingerprint density at radius 1 is 1.07 bits per heavy atom. The molecule has 7 nitrogen and oxygen atoms in total. The largest absolute Gasteiger partial charge is 0.493 e. The van der Waals surface area contributed by atoms with E-state index in [0.29, 0.717) is 28.8 Å². The lowest BCUT2D eigenvalue weighted by Crippen LogP contribution is -2.11. The average Bonchev–Trinajstić information content (AvgIpc) is 2.73. The second-order valence-corrected chi connectivity index (χ2v) is 8.20. The van der Waals surface area contributed by atoms with Crippen molar-refractivity contribution in [1.29, 1.82) is 0 Å². The zero-order chi connectivity index (χ0) is 21.6. The molecule has 0 unspecified atom stereocenters. The molecule has 0 heterocycles. The van der Waals surface area contributed by atoms with Gasteiger partial charge in [-0.3, -0.25) is 5.43 Å². The molecule has 3 aromatic carbocycles. The molecule has 0 bridgehead atoms. The van der Waals surface area contributed by atoms with Crippen molar-refractivity contribution < 1.29 is 17.9 Å². The minimum absolute atomic E-state index is 0.0362. The Kier molecular flexibility index (Phi) is 6.94. The first kappa shape index (κ1) is 21.6. The maximum atomic E-state index is 11.3. The molecule has 0 fully saturated rings. The molecule has 0 saturated heterocycles. The van der Waals surface area contributed by atoms with Gasteiger partial charge in [0.1, 0.15) is 6.61 Å². The molecule has 3 rings (SSSR count). The van der Waals surface area contributed by atoms with Gasteiger partial charge in [-0.25, -0.2) is 13.6 Å². The number of sulfonamides is 1. The molecule has 9 heteroatoms. The fraction of sp³-hybridized carbons (Fsp3) is 0.0952. The van der Waals surface area contributed by atoms with Crippen LogP contribution in [-0.4, -0.2) is 21.7 Å². The van der Waals surface area contributed by atoms with Crippen LogP contribution in [0.4, 0.5) is 5.69 Å². The first-order chi connectivity index (χ1) is 14.4. The van der Waals surface area contributed by atoms with Crippen LogP contribution in [0, 0.1) is 0 Å². The molecule has 0 aliphatic carbocycles. The Morgan fingerprint density at radius 3 is 2.47 bits per heavy atom. The van der Waals surface area contributed by atoms with Gasteiger partial charge in [0.15, 0.2) is 11.5 Å². The summed E-state index contributed by atoms with van der Waals surface area (Å²) in [6.07, 6.45) is 1.61. The molecular formula is C21H20ClN3O4S. The molecule has 0 saturated carbocycles. The van der Waals surface area contributed by atoms with E-state index < -0.39 is 10.0 Å². The summed E-state index contributed by atoms with van der Waals surface area (Å²) >= 11 is 6.16. The van der Waals surface area contributed by atoms with E-state index in [0.717, 1.165) is 11.1 Å². The molecule has 30 heavy (non-hydrogen) atoms. The van der Waals surface area contributed by atoms with Crippen LogP contribution in [0.5, 0.6) is 11.5 Å². The lowest BCUT2D eigenvalue weighted by Gasteiger charge is -2.12. The molecule has 0 amide bonds. The van der Waals surface area contributed by atoms with E-state index in [4.69, 9.17) is 26.2 Å². The van der Waals surface area contributed by atoms with Crippen LogP contribution in [-0.2, 0) is 16.6 Å². The SMILES string of the molecule is COc1cc(C=NNc2ccc(S(N)(=O)=O)cc2)ccc1OCc1ccccc1Cl. The first-order valence-corrected chi connectivity index (χ1v) is 10.8. The molecule has 0 spiro atoms. The lowest BCUT2D eigenvalue weighted by molar-refractivity contribution is 0.284. The third-order valence-electron chi connectivity index (χ3n) is 4.12. The van der Waals surface area contributed by atoms with E-state index in [2.05, 4.69) is 10.5 Å². The average molecular weight is 446 g/mol. The molecule has 0 atom stereocenters. The van der Waals surface area contributed by atoms with Crippen molar-refractivity contribution in [3.63, 3.8) is 0 Å². The van der Waals surface area contributed by atoms with Gasteiger partial charge < -0.3 is 9.47 Å². The quantitative estimate of drug-likeness (QED) is 0.402. The van der Waals surface area contributed by atoms with Gasteiger partial charge in [0.05, 0.1) is 23.9 Å². The fourth-order valence-corrected chi connectivity index (χ4v) is 3.26. The van der Waals surface area contributed by atoms with Crippen molar-refractivity contribution in [3.05, 3.63) is 82.9 Å². The molecule has 0 radical (unpaired) electrons. The van der Waals surface area contributed by atoms with Crippen molar-refractivity contribution in [2.75, 3.05) is 12.5 Å². The van der Waals surface area contributed by atoms with Crippen LogP contribution in [0.3, 0.4) is 0 Å². The van der Waals surface area contributed by atoms with Gasteiger partial charge in [0.2, 0.25) is 10.0 Å². The van der Waals surface area contributed by atoms with Crippen molar-refractivity contribution in [3.8, 4) is 11.5 Å². The number of primary sulfonamides is 1. The molecule has 0 aromatic heterocycles. The number of nitrogens with one attached hydrogen (secondary N) is 1. The standard InChI is InChI=1S/C21H20ClN3O4S/c1-28-21-12-15(6-11-20(21)29-14-16-4-2-3-5-19(16)22)13-24-25-17-7-9-18(10-8-17)30(23,26)27/h2-13,25H,14H2,1H3,(H2,23,26,27). The van der Waals surface area contributed by atoms with Gasteiger partial charge in [0.25, 0.3) is 0 Å². The Hall–Kier alpha value is -3.07. The van der Waals surface area contributed by atoms with Crippen molar-refractivity contribution in [2.45, 2.75) is 11.5 Å². The van der Waals surface area contributed by atoms with Crippen LogP contribution < -0.4 is 20.0 Å². The number of rotatable bonds is 8. The summed E-state index contributed by atoms with van der Waals surface area (Å²) in [5.41, 5.74) is 5.10. The number of hydrogen-bond acceptors (Lipinski definition) is 6. The van der Waals surface area contributed by atoms with Crippen molar-refractivity contribution >= 4 is 33.5 Å². The maximum Gasteiger partial charge on any atom is 0.238 e. The molecule has 3 N–H and O–H groups in total. The van der Waals surface area contributed by atoms with Gasteiger partial charge in [-0.05, 0) is 54.1 Å². The van der Waals surface area contributed by atoms with E-state index in [1.54, 1.807) is 37.6 Å². The van der Waals surface area contributed by atoms with Crippen LogP contribution in [0.15, 0.2) is 76.7 Å². The second-order valence-electron chi connectivity index (χ2n) is 6.23. The third-order valence-corrected chi connectivity index (χ3v) is 5.42. The zero-order valence-electron chi connectivity index (χ0n) is 16.1. The number of nitrogens with two attached hydrogens (primary N) is 1. The summed E-state index contributed by atoms with van der Waals surface area (Å²) < 4.78 is 33.8. The van der Waals surface area contributed by atoms with Crippen LogP contribution in [0.25, 0.3) is 0 Å². The van der Waals surface area contributed by atoms with E-state index in [1.165, 1.54) is 12.1 Å². The predicted octanol–water partition coefficient (Wildman–Crippen LogP) is 4.02. The molecule has 3 aromatic rings. The molecule has 0 aliphatic rings. The minimum atomic E-state index is -3.72. The smallest absolute Gasteiger partial charge is 0.238 e. The van der Waals surface area contributed by atoms with Crippen molar-refractivity contribution in [2.24, 2.45) is 10.2 Å². The number of halogens is 1. The van der Waals surface area contributed by atoms with Gasteiger partial charge in [-0.15, -0.1) is 0 Å². The Balaban J connectivity index is 1.65. The molecule has 0 aliphatic heterocycles. The molecule has 156 valence electrons. The third kappa shape index (κ3) is 5.73. The first-order valence-electron chi connectivity index (χ1n) is 8.83. The normalized spacial score (nSPS) is 11.4. The number of methoxy groups -OCH3 is 1. The summed E-state index contributed by atoms with van der Waals surface area (Å²) in [4.78, 5) is 0.0362. The van der Waals surface area contributed by atoms with Crippen LogP contribution in [0.2, 0.25) is 5.02 Å². The highest BCUT2D eigenvalue weighted by Gasteiger charge is 2.08. The number of hydrogen-bond donors (Lipinski definition) is 2. The maximum absolute atomic E-state index is 11.3. The number of anilines is 1. The fourth-order valence-electron chi connectivity index (χ4n) is 2.56. The van der Waals surface area contributed by atoms with E-state index in [9.17, 15) is 8.42 Å². The number of hydrazone groups is 1. The highest BCUT2D eigenvalue weighted by molar-refractivity contribution is 7.89. The summed E-state index contributed by atoms with van der Waals surface area (Å²) in [6.45, 7) is 0.319. The topological polar surface area (TPSA) is 103 Å². The number of nitrogens with zero attached hydrogens (tertiary/aromatic N) is 1. The van der Waals surface area contributed by atoms with E-state index in [1.807, 2.05) is 30.3 Å². The Bertz CT molecular complexity index is 1150. The van der Waals surface area contributed by atoms with Gasteiger partial charge in [0, 0.05) is 10.6 Å². The summed E-state index contributed by atoms with van der Waals surface area (Å²) in [6, 6.07) is 18.8. The van der Waals surface area contributed by atoms with Crippen LogP contribution >= 0.6 is 11.6 Å². The monoisotopic (exact) mass is 445 g/mol. The Morgan fingerprint density at radius 2 is 1.80 bits per heavy atom. The van der Waals surface area contributed by atoms with Gasteiger partial charge in [-0.2, -0.15) is 5.10 Å². The van der Waals surface area contributed by atoms with E-state index in [-0.39, 0.29) is 4.90 Å². The zero-order valence-corrected chi connectivity index (χ0v) is 17.7. The second kappa shape index (κ2) is 9.62. The van der Waals surface area contributed by atoms with Gasteiger partial charge >= 0.3 is 0 Å². The predicted molar refractivity (Wildman–Crippen MR) is 118 cm³/mol. The summed E-state index contributed by atoms with van der Waals surface area (Å²) in [5, 5.41) is 9.86. The summed E-state index contributed by atoms with van der Waals surface area (Å²) in [7, 11) is -2.16. The van der Waals surface area contributed by atoms with Crippen LogP contribution in [0.1, 0.15) is 11.1 Å². The van der Waals surface area contributed by atoms with Gasteiger partial charge in [-0.1, -0.05) is 29.8 Å². The number of ether oxygens (including phenoxy) is 2. The molecular weight excluding hydrogens is 426 g/mol. The minimum Gasteiger partial charge on any atom is -0.493 e. The highest BCUT2D eigenvalue weighted by atomic mass is 35.5. The lowest BCUT2D eigenvalue weighted by atomic mass is 10.2. The Labute approximate surface area is 180 Å². The number of benzene rings is 3. The highest BCUT2D eigenvalue weighted by Crippen LogP contribution is 2.29. The summed E-state index contributed by atoms with van der Waals surface area (Å²) in [5.74, 6) is 1.14. The van der Waals surface area contributed by atoms with Crippen molar-refractivity contribution in [1.82, 2.24) is 0 Å². The van der Waals surface area contributed by atoms with E-state index >= 15 is 0 Å².